The third-order valence-corrected chi connectivity index (χ3v) is 3.37. The molecule has 1 fully saturated rings. The molecule has 1 aliphatic rings. The van der Waals surface area contributed by atoms with Crippen LogP contribution in [0.5, 0.6) is 5.88 Å². The Bertz CT molecular complexity index is 455. The average Bonchev–Trinajstić information content (AvgIpc) is 2.28. The Morgan fingerprint density at radius 1 is 1.50 bits per heavy atom. The zero-order valence-corrected chi connectivity index (χ0v) is 10.8. The van der Waals surface area contributed by atoms with Gasteiger partial charge in [-0.05, 0) is 25.2 Å². The SMILES string of the molecule is CC1CCCC(Oc2ncnc(Cl)c2[N+](=O)[O-])C1. The van der Waals surface area contributed by atoms with Crippen LogP contribution in [0.25, 0.3) is 0 Å². The highest BCUT2D eigenvalue weighted by molar-refractivity contribution is 6.31. The van der Waals surface area contributed by atoms with Gasteiger partial charge in [0, 0.05) is 0 Å². The molecule has 1 aliphatic carbocycles. The van der Waals surface area contributed by atoms with Crippen LogP contribution < -0.4 is 4.74 Å². The van der Waals surface area contributed by atoms with Gasteiger partial charge in [0.15, 0.2) is 0 Å². The summed E-state index contributed by atoms with van der Waals surface area (Å²) < 4.78 is 5.62. The zero-order valence-electron chi connectivity index (χ0n) is 10.0. The van der Waals surface area contributed by atoms with Crippen molar-refractivity contribution >= 4 is 17.3 Å². The predicted molar refractivity (Wildman–Crippen MR) is 65.7 cm³/mol. The first-order valence-corrected chi connectivity index (χ1v) is 6.27. The molecule has 0 aliphatic heterocycles. The summed E-state index contributed by atoms with van der Waals surface area (Å²) in [7, 11) is 0. The van der Waals surface area contributed by atoms with Crippen molar-refractivity contribution in [3.05, 3.63) is 21.6 Å². The Morgan fingerprint density at radius 3 is 2.94 bits per heavy atom. The van der Waals surface area contributed by atoms with E-state index in [4.69, 9.17) is 16.3 Å². The van der Waals surface area contributed by atoms with Crippen molar-refractivity contribution in [3.8, 4) is 5.88 Å². The standard InChI is InChI=1S/C11H14ClN3O3/c1-7-3-2-4-8(5-7)18-11-9(15(16)17)10(12)13-6-14-11/h6-8H,2-5H2,1H3. The fourth-order valence-electron chi connectivity index (χ4n) is 2.23. The van der Waals surface area contributed by atoms with E-state index < -0.39 is 4.92 Å². The number of halogens is 1. The molecule has 2 rings (SSSR count). The molecule has 0 aromatic carbocycles. The van der Waals surface area contributed by atoms with E-state index in [-0.39, 0.29) is 22.8 Å². The van der Waals surface area contributed by atoms with Crippen LogP contribution in [-0.2, 0) is 0 Å². The maximum atomic E-state index is 10.9. The van der Waals surface area contributed by atoms with Crippen molar-refractivity contribution in [2.75, 3.05) is 0 Å². The number of hydrogen-bond acceptors (Lipinski definition) is 5. The normalized spacial score (nSPS) is 23.7. The smallest absolute Gasteiger partial charge is 0.367 e. The van der Waals surface area contributed by atoms with Gasteiger partial charge in [-0.15, -0.1) is 0 Å². The first-order chi connectivity index (χ1) is 8.58. The fourth-order valence-corrected chi connectivity index (χ4v) is 2.42. The van der Waals surface area contributed by atoms with Gasteiger partial charge in [-0.3, -0.25) is 10.1 Å². The van der Waals surface area contributed by atoms with E-state index in [1.807, 2.05) is 0 Å². The monoisotopic (exact) mass is 271 g/mol. The van der Waals surface area contributed by atoms with Crippen LogP contribution in [0.1, 0.15) is 32.6 Å². The Kier molecular flexibility index (Phi) is 3.96. The van der Waals surface area contributed by atoms with Crippen LogP contribution >= 0.6 is 11.6 Å². The van der Waals surface area contributed by atoms with Gasteiger partial charge in [0.1, 0.15) is 12.4 Å². The van der Waals surface area contributed by atoms with Crippen LogP contribution in [0.2, 0.25) is 5.15 Å². The number of rotatable bonds is 3. The number of nitrogens with zero attached hydrogens (tertiary/aromatic N) is 3. The summed E-state index contributed by atoms with van der Waals surface area (Å²) in [4.78, 5) is 17.7. The van der Waals surface area contributed by atoms with E-state index in [1.54, 1.807) is 0 Å². The molecule has 0 radical (unpaired) electrons. The molecule has 2 atom stereocenters. The number of aromatic nitrogens is 2. The Balaban J connectivity index is 2.18. The highest BCUT2D eigenvalue weighted by Gasteiger charge is 2.27. The maximum absolute atomic E-state index is 10.9. The lowest BCUT2D eigenvalue weighted by Gasteiger charge is -2.26. The Hall–Kier alpha value is -1.43. The summed E-state index contributed by atoms with van der Waals surface area (Å²) >= 11 is 5.70. The molecule has 98 valence electrons. The van der Waals surface area contributed by atoms with E-state index in [9.17, 15) is 10.1 Å². The third kappa shape index (κ3) is 2.87. The van der Waals surface area contributed by atoms with Gasteiger partial charge in [0.25, 0.3) is 5.88 Å². The van der Waals surface area contributed by atoms with E-state index in [0.717, 1.165) is 19.3 Å². The second-order valence-electron chi connectivity index (χ2n) is 4.59. The minimum Gasteiger partial charge on any atom is -0.469 e. The summed E-state index contributed by atoms with van der Waals surface area (Å²) in [5, 5.41) is 10.7. The van der Waals surface area contributed by atoms with Gasteiger partial charge in [0.05, 0.1) is 4.92 Å². The minimum absolute atomic E-state index is 0.0286. The van der Waals surface area contributed by atoms with Crippen LogP contribution in [0.3, 0.4) is 0 Å². The topological polar surface area (TPSA) is 78.2 Å². The predicted octanol–water partition coefficient (Wildman–Crippen LogP) is 3.00. The molecule has 1 aromatic rings. The molecule has 2 unspecified atom stereocenters. The van der Waals surface area contributed by atoms with Crippen LogP contribution in [0, 0.1) is 16.0 Å². The fraction of sp³-hybridized carbons (Fsp3) is 0.636. The number of ether oxygens (including phenoxy) is 1. The number of hydrogen-bond donors (Lipinski definition) is 0. The van der Waals surface area contributed by atoms with E-state index in [1.165, 1.54) is 12.7 Å². The van der Waals surface area contributed by atoms with Crippen LogP contribution in [0.15, 0.2) is 6.33 Å². The molecule has 1 aromatic heterocycles. The summed E-state index contributed by atoms with van der Waals surface area (Å²) in [6.07, 6.45) is 5.17. The van der Waals surface area contributed by atoms with Crippen molar-refractivity contribution in [2.24, 2.45) is 5.92 Å². The van der Waals surface area contributed by atoms with Crippen molar-refractivity contribution in [1.82, 2.24) is 9.97 Å². The second-order valence-corrected chi connectivity index (χ2v) is 4.94. The maximum Gasteiger partial charge on any atom is 0.367 e. The van der Waals surface area contributed by atoms with Crippen molar-refractivity contribution in [3.63, 3.8) is 0 Å². The molecule has 0 amide bonds. The molecular formula is C11H14ClN3O3. The molecule has 7 heteroatoms. The lowest BCUT2D eigenvalue weighted by Crippen LogP contribution is -2.24. The van der Waals surface area contributed by atoms with Crippen LogP contribution in [0.4, 0.5) is 5.69 Å². The van der Waals surface area contributed by atoms with E-state index >= 15 is 0 Å². The molecule has 18 heavy (non-hydrogen) atoms. The quantitative estimate of drug-likeness (QED) is 0.480. The largest absolute Gasteiger partial charge is 0.469 e. The molecule has 0 saturated heterocycles. The van der Waals surface area contributed by atoms with Gasteiger partial charge < -0.3 is 4.74 Å². The van der Waals surface area contributed by atoms with Gasteiger partial charge in [-0.25, -0.2) is 4.98 Å². The van der Waals surface area contributed by atoms with Gasteiger partial charge >= 0.3 is 5.69 Å². The molecular weight excluding hydrogens is 258 g/mol. The summed E-state index contributed by atoms with van der Waals surface area (Å²) in [5.74, 6) is 0.541. The highest BCUT2D eigenvalue weighted by atomic mass is 35.5. The molecule has 0 spiro atoms. The van der Waals surface area contributed by atoms with Gasteiger partial charge in [-0.2, -0.15) is 4.98 Å². The van der Waals surface area contributed by atoms with Crippen molar-refractivity contribution in [1.29, 1.82) is 0 Å². The summed E-state index contributed by atoms with van der Waals surface area (Å²) in [5.41, 5.74) is -0.350. The molecule has 1 saturated carbocycles. The molecule has 6 nitrogen and oxygen atoms in total. The second kappa shape index (κ2) is 5.48. The first-order valence-electron chi connectivity index (χ1n) is 5.89. The Labute approximate surface area is 109 Å². The summed E-state index contributed by atoms with van der Waals surface area (Å²) in [6, 6.07) is 0. The summed E-state index contributed by atoms with van der Waals surface area (Å²) in [6.45, 7) is 2.15. The van der Waals surface area contributed by atoms with Gasteiger partial charge in [-0.1, -0.05) is 24.9 Å². The molecule has 1 heterocycles. The average molecular weight is 272 g/mol. The zero-order chi connectivity index (χ0) is 13.1. The van der Waals surface area contributed by atoms with Crippen LogP contribution in [-0.4, -0.2) is 21.0 Å². The van der Waals surface area contributed by atoms with E-state index in [0.29, 0.717) is 5.92 Å². The van der Waals surface area contributed by atoms with E-state index in [2.05, 4.69) is 16.9 Å². The van der Waals surface area contributed by atoms with Crippen molar-refractivity contribution in [2.45, 2.75) is 38.7 Å². The number of nitro groups is 1. The highest BCUT2D eigenvalue weighted by Crippen LogP contribution is 2.33. The van der Waals surface area contributed by atoms with Crippen molar-refractivity contribution < 1.29 is 9.66 Å². The van der Waals surface area contributed by atoms with Gasteiger partial charge in [0.2, 0.25) is 5.15 Å². The third-order valence-electron chi connectivity index (χ3n) is 3.09. The Morgan fingerprint density at radius 2 is 2.28 bits per heavy atom. The first kappa shape index (κ1) is 13.0. The minimum atomic E-state index is -0.607. The molecule has 0 bridgehead atoms. The lowest BCUT2D eigenvalue weighted by molar-refractivity contribution is -0.386. The molecule has 0 N–H and O–H groups in total. The lowest BCUT2D eigenvalue weighted by atomic mass is 9.89.